The molecule has 1 aliphatic rings. The second kappa shape index (κ2) is 6.81. The van der Waals surface area contributed by atoms with Gasteiger partial charge in [0.2, 0.25) is 0 Å². The topological polar surface area (TPSA) is 75.6 Å². The van der Waals surface area contributed by atoms with Gasteiger partial charge in [-0.15, -0.1) is 0 Å². The van der Waals surface area contributed by atoms with E-state index in [0.29, 0.717) is 18.6 Å². The molecule has 1 saturated carbocycles. The minimum atomic E-state index is -0.845. The fourth-order valence-corrected chi connectivity index (χ4v) is 3.02. The normalized spacial score (nSPS) is 24.5. The smallest absolute Gasteiger partial charge is 0.308 e. The van der Waals surface area contributed by atoms with Gasteiger partial charge in [0.1, 0.15) is 5.75 Å². The number of carbonyl (C=O) groups is 2. The highest BCUT2D eigenvalue weighted by molar-refractivity contribution is 5.80. The Balaban J connectivity index is 1.92. The van der Waals surface area contributed by atoms with Gasteiger partial charge >= 0.3 is 5.97 Å². The molecule has 0 aliphatic heterocycles. The maximum atomic E-state index is 12.1. The zero-order valence-electron chi connectivity index (χ0n) is 13.1. The van der Waals surface area contributed by atoms with E-state index in [0.717, 1.165) is 18.4 Å². The lowest BCUT2D eigenvalue weighted by molar-refractivity contribution is -0.146. The van der Waals surface area contributed by atoms with E-state index < -0.39 is 17.4 Å². The standard InChI is InChI=1S/C17H23NO4/c1-12-6-8-13(9-7-12)22-11-15(19)18-17(2)10-4-3-5-14(17)16(20)21/h6-9,14H,3-5,10-11H2,1-2H3,(H,18,19)(H,20,21). The molecule has 1 aromatic rings. The summed E-state index contributed by atoms with van der Waals surface area (Å²) in [5.74, 6) is -1.04. The van der Waals surface area contributed by atoms with Crippen molar-refractivity contribution >= 4 is 11.9 Å². The van der Waals surface area contributed by atoms with Crippen LogP contribution in [0.5, 0.6) is 5.75 Å². The molecule has 0 radical (unpaired) electrons. The predicted molar refractivity (Wildman–Crippen MR) is 82.8 cm³/mol. The second-order valence-corrected chi connectivity index (χ2v) is 6.20. The monoisotopic (exact) mass is 305 g/mol. The van der Waals surface area contributed by atoms with Crippen LogP contribution in [-0.4, -0.2) is 29.1 Å². The van der Waals surface area contributed by atoms with Gasteiger partial charge in [0, 0.05) is 0 Å². The van der Waals surface area contributed by atoms with Crippen molar-refractivity contribution in [2.75, 3.05) is 6.61 Å². The van der Waals surface area contributed by atoms with Crippen LogP contribution < -0.4 is 10.1 Å². The molecule has 2 rings (SSSR count). The third-order valence-electron chi connectivity index (χ3n) is 4.32. The van der Waals surface area contributed by atoms with E-state index in [4.69, 9.17) is 4.74 Å². The number of nitrogens with one attached hydrogen (secondary N) is 1. The van der Waals surface area contributed by atoms with Gasteiger partial charge in [-0.3, -0.25) is 9.59 Å². The van der Waals surface area contributed by atoms with Crippen molar-refractivity contribution < 1.29 is 19.4 Å². The maximum absolute atomic E-state index is 12.1. The molecule has 0 spiro atoms. The number of hydrogen-bond donors (Lipinski definition) is 2. The molecule has 5 nitrogen and oxygen atoms in total. The summed E-state index contributed by atoms with van der Waals surface area (Å²) in [4.78, 5) is 23.5. The SMILES string of the molecule is Cc1ccc(OCC(=O)NC2(C)CCCCC2C(=O)O)cc1. The molecule has 0 saturated heterocycles. The Morgan fingerprint density at radius 1 is 1.32 bits per heavy atom. The minimum Gasteiger partial charge on any atom is -0.484 e. The number of aryl methyl sites for hydroxylation is 1. The molecule has 0 aromatic heterocycles. The Morgan fingerprint density at radius 2 is 2.00 bits per heavy atom. The summed E-state index contributed by atoms with van der Waals surface area (Å²) in [5.41, 5.74) is 0.425. The quantitative estimate of drug-likeness (QED) is 0.876. The molecule has 1 aromatic carbocycles. The van der Waals surface area contributed by atoms with Gasteiger partial charge in [0.15, 0.2) is 6.61 Å². The van der Waals surface area contributed by atoms with E-state index in [-0.39, 0.29) is 12.5 Å². The van der Waals surface area contributed by atoms with Crippen LogP contribution in [0.25, 0.3) is 0 Å². The van der Waals surface area contributed by atoms with Crippen LogP contribution in [0, 0.1) is 12.8 Å². The summed E-state index contributed by atoms with van der Waals surface area (Å²) in [6.45, 7) is 3.69. The van der Waals surface area contributed by atoms with Gasteiger partial charge in [-0.1, -0.05) is 30.5 Å². The fraction of sp³-hybridized carbons (Fsp3) is 0.529. The molecule has 0 bridgehead atoms. The molecule has 120 valence electrons. The highest BCUT2D eigenvalue weighted by Crippen LogP contribution is 2.33. The van der Waals surface area contributed by atoms with Crippen molar-refractivity contribution in [3.05, 3.63) is 29.8 Å². The predicted octanol–water partition coefficient (Wildman–Crippen LogP) is 2.52. The van der Waals surface area contributed by atoms with Crippen molar-refractivity contribution in [3.8, 4) is 5.75 Å². The number of carbonyl (C=O) groups excluding carboxylic acids is 1. The zero-order chi connectivity index (χ0) is 16.2. The van der Waals surface area contributed by atoms with Crippen LogP contribution in [0.4, 0.5) is 0 Å². The third-order valence-corrected chi connectivity index (χ3v) is 4.32. The molecule has 22 heavy (non-hydrogen) atoms. The van der Waals surface area contributed by atoms with E-state index in [2.05, 4.69) is 5.32 Å². The molecular formula is C17H23NO4. The average Bonchev–Trinajstić information content (AvgIpc) is 2.46. The van der Waals surface area contributed by atoms with E-state index in [1.807, 2.05) is 38.1 Å². The lowest BCUT2D eigenvalue weighted by atomic mass is 9.74. The average molecular weight is 305 g/mol. The van der Waals surface area contributed by atoms with Gasteiger partial charge in [-0.2, -0.15) is 0 Å². The second-order valence-electron chi connectivity index (χ2n) is 6.20. The number of aliphatic carboxylic acids is 1. The molecule has 2 atom stereocenters. The summed E-state index contributed by atoms with van der Waals surface area (Å²) in [6, 6.07) is 7.45. The van der Waals surface area contributed by atoms with Crippen LogP contribution in [0.1, 0.15) is 38.2 Å². The van der Waals surface area contributed by atoms with Gasteiger partial charge in [-0.25, -0.2) is 0 Å². The zero-order valence-corrected chi connectivity index (χ0v) is 13.1. The first-order valence-electron chi connectivity index (χ1n) is 7.64. The first-order chi connectivity index (χ1) is 10.4. The summed E-state index contributed by atoms with van der Waals surface area (Å²) in [5, 5.41) is 12.2. The number of rotatable bonds is 5. The van der Waals surface area contributed by atoms with Gasteiger partial charge < -0.3 is 15.2 Å². The summed E-state index contributed by atoms with van der Waals surface area (Å²) in [6.07, 6.45) is 3.10. The van der Waals surface area contributed by atoms with Crippen molar-refractivity contribution in [2.45, 2.75) is 45.1 Å². The molecule has 5 heteroatoms. The van der Waals surface area contributed by atoms with Crippen LogP contribution in [0.3, 0.4) is 0 Å². The molecule has 0 heterocycles. The van der Waals surface area contributed by atoms with Crippen LogP contribution in [0.15, 0.2) is 24.3 Å². The number of hydrogen-bond acceptors (Lipinski definition) is 3. The Morgan fingerprint density at radius 3 is 2.64 bits per heavy atom. The summed E-state index contributed by atoms with van der Waals surface area (Å²) >= 11 is 0. The minimum absolute atomic E-state index is 0.106. The number of benzene rings is 1. The Bertz CT molecular complexity index is 540. The van der Waals surface area contributed by atoms with Crippen molar-refractivity contribution in [3.63, 3.8) is 0 Å². The maximum Gasteiger partial charge on any atom is 0.308 e. The molecular weight excluding hydrogens is 282 g/mol. The largest absolute Gasteiger partial charge is 0.484 e. The van der Waals surface area contributed by atoms with Gasteiger partial charge in [0.05, 0.1) is 11.5 Å². The van der Waals surface area contributed by atoms with Crippen LogP contribution in [0.2, 0.25) is 0 Å². The Labute approximate surface area is 130 Å². The van der Waals surface area contributed by atoms with Crippen molar-refractivity contribution in [2.24, 2.45) is 5.92 Å². The number of ether oxygens (including phenoxy) is 1. The van der Waals surface area contributed by atoms with E-state index in [1.165, 1.54) is 0 Å². The highest BCUT2D eigenvalue weighted by atomic mass is 16.5. The van der Waals surface area contributed by atoms with E-state index in [9.17, 15) is 14.7 Å². The number of carboxylic acid groups (broad SMARTS) is 1. The number of amides is 1. The molecule has 1 amide bonds. The Hall–Kier alpha value is -2.04. The first kappa shape index (κ1) is 16.3. The number of carboxylic acids is 1. The Kier molecular flexibility index (Phi) is 5.06. The molecule has 1 aliphatic carbocycles. The fourth-order valence-electron chi connectivity index (χ4n) is 3.02. The van der Waals surface area contributed by atoms with Gasteiger partial charge in [-0.05, 0) is 38.8 Å². The molecule has 2 N–H and O–H groups in total. The van der Waals surface area contributed by atoms with Crippen LogP contribution >= 0.6 is 0 Å². The van der Waals surface area contributed by atoms with Crippen molar-refractivity contribution in [1.29, 1.82) is 0 Å². The third kappa shape index (κ3) is 4.00. The van der Waals surface area contributed by atoms with Crippen molar-refractivity contribution in [1.82, 2.24) is 5.32 Å². The summed E-state index contributed by atoms with van der Waals surface area (Å²) < 4.78 is 5.45. The van der Waals surface area contributed by atoms with Gasteiger partial charge in [0.25, 0.3) is 5.91 Å². The highest BCUT2D eigenvalue weighted by Gasteiger charge is 2.42. The van der Waals surface area contributed by atoms with Crippen LogP contribution in [-0.2, 0) is 9.59 Å². The molecule has 2 unspecified atom stereocenters. The lowest BCUT2D eigenvalue weighted by Gasteiger charge is -2.39. The summed E-state index contributed by atoms with van der Waals surface area (Å²) in [7, 11) is 0. The molecule has 1 fully saturated rings. The van der Waals surface area contributed by atoms with E-state index in [1.54, 1.807) is 0 Å². The lowest BCUT2D eigenvalue weighted by Crippen LogP contribution is -2.56. The van der Waals surface area contributed by atoms with E-state index >= 15 is 0 Å². The first-order valence-corrected chi connectivity index (χ1v) is 7.64.